The lowest BCUT2D eigenvalue weighted by Gasteiger charge is -2.31. The third kappa shape index (κ3) is 5.90. The summed E-state index contributed by atoms with van der Waals surface area (Å²) in [7, 11) is 0. The quantitative estimate of drug-likeness (QED) is 0.339. The van der Waals surface area contributed by atoms with Crippen LogP contribution in [0, 0.1) is 12.8 Å². The molecular formula is C27H26ClF3N4O3S. The van der Waals surface area contributed by atoms with Gasteiger partial charge in [0.25, 0.3) is 5.56 Å². The van der Waals surface area contributed by atoms with Crippen molar-refractivity contribution in [1.29, 1.82) is 0 Å². The van der Waals surface area contributed by atoms with Gasteiger partial charge in [-0.25, -0.2) is 4.79 Å². The van der Waals surface area contributed by atoms with E-state index in [0.717, 1.165) is 63.5 Å². The first kappa shape index (κ1) is 27.4. The minimum atomic E-state index is -4.59. The Hall–Kier alpha value is -3.15. The summed E-state index contributed by atoms with van der Waals surface area (Å²) in [5, 5.41) is 3.93. The minimum absolute atomic E-state index is 0.0323. The standard InChI is InChI=1S/C27H26ClF3N4O3S/c1-15-9-17(28)10-20(24(15)38-22-4-6-32-12-16(22)2)19-3-7-33-21-11-18(39-25(19)21)13-35-23(36)5-8-34(26(35)37)14-27(29,30)31/h3,5,7-11,16,22,32H,4,6,12-14H2,1-2H3. The molecule has 0 aliphatic carbocycles. The van der Waals surface area contributed by atoms with Gasteiger partial charge in [0.2, 0.25) is 0 Å². The average molecular weight is 579 g/mol. The van der Waals surface area contributed by atoms with E-state index in [2.05, 4.69) is 17.2 Å². The van der Waals surface area contributed by atoms with Gasteiger partial charge in [0.15, 0.2) is 0 Å². The Morgan fingerprint density at radius 3 is 2.74 bits per heavy atom. The van der Waals surface area contributed by atoms with E-state index in [0.29, 0.717) is 25.9 Å². The molecule has 0 spiro atoms. The van der Waals surface area contributed by atoms with E-state index in [4.69, 9.17) is 16.3 Å². The molecule has 1 aromatic carbocycles. The van der Waals surface area contributed by atoms with Gasteiger partial charge in [0.1, 0.15) is 18.4 Å². The zero-order chi connectivity index (χ0) is 27.9. The number of aryl methyl sites for hydroxylation is 1. The largest absolute Gasteiger partial charge is 0.489 e. The van der Waals surface area contributed by atoms with E-state index >= 15 is 0 Å². The SMILES string of the molecule is Cc1cc(Cl)cc(-c2ccnc3cc(Cn4c(=O)ccn(CC(F)(F)F)c4=O)sc23)c1OC1CCNCC1C. The first-order valence-electron chi connectivity index (χ1n) is 12.4. The molecule has 39 heavy (non-hydrogen) atoms. The number of thiophene rings is 1. The lowest BCUT2D eigenvalue weighted by molar-refractivity contribution is -0.141. The van der Waals surface area contributed by atoms with Gasteiger partial charge in [0.05, 0.1) is 16.8 Å². The normalized spacial score (nSPS) is 18.0. The predicted octanol–water partition coefficient (Wildman–Crippen LogP) is 5.24. The lowest BCUT2D eigenvalue weighted by atomic mass is 9.97. The maximum Gasteiger partial charge on any atom is 0.406 e. The van der Waals surface area contributed by atoms with Crippen molar-refractivity contribution in [3.63, 3.8) is 0 Å². The van der Waals surface area contributed by atoms with Gasteiger partial charge < -0.3 is 10.1 Å². The number of aromatic nitrogens is 3. The van der Waals surface area contributed by atoms with E-state index in [1.165, 1.54) is 11.3 Å². The molecule has 2 atom stereocenters. The smallest absolute Gasteiger partial charge is 0.406 e. The number of benzene rings is 1. The van der Waals surface area contributed by atoms with Crippen LogP contribution in [0.1, 0.15) is 23.8 Å². The number of hydrogen-bond acceptors (Lipinski definition) is 6. The molecular weight excluding hydrogens is 553 g/mol. The molecule has 3 aromatic heterocycles. The maximum absolute atomic E-state index is 12.9. The van der Waals surface area contributed by atoms with Crippen molar-refractivity contribution in [3.8, 4) is 16.9 Å². The van der Waals surface area contributed by atoms with Crippen LogP contribution in [0.15, 0.2) is 52.3 Å². The predicted molar refractivity (Wildman–Crippen MR) is 146 cm³/mol. The maximum atomic E-state index is 12.9. The Balaban J connectivity index is 1.56. The molecule has 2 unspecified atom stereocenters. The summed E-state index contributed by atoms with van der Waals surface area (Å²) in [5.74, 6) is 1.05. The Bertz CT molecular complexity index is 1650. The zero-order valence-electron chi connectivity index (χ0n) is 21.2. The molecule has 5 rings (SSSR count). The van der Waals surface area contributed by atoms with Gasteiger partial charge in [-0.1, -0.05) is 18.5 Å². The van der Waals surface area contributed by atoms with Crippen molar-refractivity contribution in [3.05, 3.63) is 79.0 Å². The summed E-state index contributed by atoms with van der Waals surface area (Å²) >= 11 is 7.79. The molecule has 1 aliphatic rings. The van der Waals surface area contributed by atoms with Gasteiger partial charge in [-0.15, -0.1) is 11.3 Å². The second-order valence-corrected chi connectivity index (χ2v) is 11.4. The van der Waals surface area contributed by atoms with Gasteiger partial charge in [-0.2, -0.15) is 13.2 Å². The van der Waals surface area contributed by atoms with Gasteiger partial charge >= 0.3 is 11.9 Å². The number of rotatable bonds is 6. The van der Waals surface area contributed by atoms with Crippen LogP contribution in [-0.4, -0.2) is 39.5 Å². The Morgan fingerprint density at radius 1 is 1.21 bits per heavy atom. The molecule has 4 heterocycles. The summed E-state index contributed by atoms with van der Waals surface area (Å²) < 4.78 is 47.4. The van der Waals surface area contributed by atoms with Crippen LogP contribution in [-0.2, 0) is 13.1 Å². The average Bonchev–Trinajstić information content (AvgIpc) is 3.28. The third-order valence-corrected chi connectivity index (χ3v) is 8.13. The summed E-state index contributed by atoms with van der Waals surface area (Å²) in [5.41, 5.74) is 1.45. The van der Waals surface area contributed by atoms with Crippen molar-refractivity contribution in [2.24, 2.45) is 5.92 Å². The summed E-state index contributed by atoms with van der Waals surface area (Å²) in [6.07, 6.45) is -1.17. The summed E-state index contributed by atoms with van der Waals surface area (Å²) in [6.45, 7) is 4.17. The number of alkyl halides is 3. The third-order valence-electron chi connectivity index (χ3n) is 6.77. The molecule has 4 aromatic rings. The fourth-order valence-corrected chi connectivity index (χ4v) is 6.26. The molecule has 1 saturated heterocycles. The van der Waals surface area contributed by atoms with Crippen LogP contribution in [0.5, 0.6) is 5.75 Å². The monoisotopic (exact) mass is 578 g/mol. The molecule has 0 radical (unpaired) electrons. The number of fused-ring (bicyclic) bond motifs is 1. The molecule has 12 heteroatoms. The zero-order valence-corrected chi connectivity index (χ0v) is 22.8. The van der Waals surface area contributed by atoms with Gasteiger partial charge in [-0.05, 0) is 49.7 Å². The molecule has 0 amide bonds. The number of pyridine rings is 1. The van der Waals surface area contributed by atoms with Crippen LogP contribution in [0.4, 0.5) is 13.2 Å². The van der Waals surface area contributed by atoms with E-state index in [-0.39, 0.29) is 12.6 Å². The highest BCUT2D eigenvalue weighted by molar-refractivity contribution is 7.19. The highest BCUT2D eigenvalue weighted by atomic mass is 35.5. The van der Waals surface area contributed by atoms with Crippen LogP contribution < -0.4 is 21.3 Å². The van der Waals surface area contributed by atoms with Gasteiger partial charge in [0, 0.05) is 51.9 Å². The van der Waals surface area contributed by atoms with E-state index < -0.39 is 24.0 Å². The number of ether oxygens (including phenoxy) is 1. The van der Waals surface area contributed by atoms with Crippen LogP contribution in [0.2, 0.25) is 5.02 Å². The second kappa shape index (κ2) is 10.8. The van der Waals surface area contributed by atoms with Crippen molar-refractivity contribution < 1.29 is 17.9 Å². The Kier molecular flexibility index (Phi) is 7.58. The lowest BCUT2D eigenvalue weighted by Crippen LogP contribution is -2.41. The second-order valence-electron chi connectivity index (χ2n) is 9.78. The number of piperidine rings is 1. The number of nitrogens with zero attached hydrogens (tertiary/aromatic N) is 3. The molecule has 206 valence electrons. The van der Waals surface area contributed by atoms with Gasteiger partial charge in [-0.3, -0.25) is 18.9 Å². The number of hydrogen-bond donors (Lipinski definition) is 1. The van der Waals surface area contributed by atoms with E-state index in [1.54, 1.807) is 12.3 Å². The molecule has 1 aliphatic heterocycles. The summed E-state index contributed by atoms with van der Waals surface area (Å²) in [4.78, 5) is 30.2. The van der Waals surface area contributed by atoms with Crippen LogP contribution in [0.3, 0.4) is 0 Å². The highest BCUT2D eigenvalue weighted by Gasteiger charge is 2.29. The van der Waals surface area contributed by atoms with E-state index in [1.807, 2.05) is 25.1 Å². The highest BCUT2D eigenvalue weighted by Crippen LogP contribution is 2.42. The van der Waals surface area contributed by atoms with E-state index in [9.17, 15) is 22.8 Å². The minimum Gasteiger partial charge on any atom is -0.489 e. The molecule has 1 N–H and O–H groups in total. The van der Waals surface area contributed by atoms with Crippen molar-refractivity contribution in [2.45, 2.75) is 45.6 Å². The Labute approximate surface area is 230 Å². The molecule has 1 fully saturated rings. The number of halogens is 4. The van der Waals surface area contributed by atoms with Crippen molar-refractivity contribution in [1.82, 2.24) is 19.4 Å². The fraction of sp³-hybridized carbons (Fsp3) is 0.370. The molecule has 0 bridgehead atoms. The summed E-state index contributed by atoms with van der Waals surface area (Å²) in [6, 6.07) is 8.27. The van der Waals surface area contributed by atoms with Crippen molar-refractivity contribution in [2.75, 3.05) is 13.1 Å². The molecule has 7 nitrogen and oxygen atoms in total. The van der Waals surface area contributed by atoms with Crippen molar-refractivity contribution >= 4 is 33.2 Å². The topological polar surface area (TPSA) is 78.2 Å². The van der Waals surface area contributed by atoms with Crippen LogP contribution >= 0.6 is 22.9 Å². The Morgan fingerprint density at radius 2 is 2.00 bits per heavy atom. The number of nitrogens with one attached hydrogen (secondary N) is 1. The fourth-order valence-electron chi connectivity index (χ4n) is 4.85. The first-order valence-corrected chi connectivity index (χ1v) is 13.6. The van der Waals surface area contributed by atoms with Crippen LogP contribution in [0.25, 0.3) is 21.3 Å². The molecule has 0 saturated carbocycles. The first-order chi connectivity index (χ1) is 18.5.